The molecule has 1 nitrogen and oxygen atoms in total. The second-order valence-corrected chi connectivity index (χ2v) is 6.78. The SMILES string of the molecule is CCCNC(CCCc1cccs1)CC(C)CCC. The Hall–Kier alpha value is -0.340. The largest absolute Gasteiger partial charge is 0.314 e. The minimum atomic E-state index is 0.724. The zero-order valence-electron chi connectivity index (χ0n) is 13.0. The molecule has 1 rings (SSSR count). The Labute approximate surface area is 123 Å². The highest BCUT2D eigenvalue weighted by Crippen LogP contribution is 2.18. The topological polar surface area (TPSA) is 12.0 Å². The Morgan fingerprint density at radius 2 is 2.05 bits per heavy atom. The molecule has 1 N–H and O–H groups in total. The quantitative estimate of drug-likeness (QED) is 0.583. The lowest BCUT2D eigenvalue weighted by atomic mass is 9.94. The molecular weight excluding hydrogens is 250 g/mol. The van der Waals surface area contributed by atoms with Crippen molar-refractivity contribution in [3.63, 3.8) is 0 Å². The van der Waals surface area contributed by atoms with Gasteiger partial charge < -0.3 is 5.32 Å². The fraction of sp³-hybridized carbons (Fsp3) is 0.765. The highest BCUT2D eigenvalue weighted by atomic mass is 32.1. The summed E-state index contributed by atoms with van der Waals surface area (Å²) in [6.45, 7) is 8.12. The molecule has 0 aromatic carbocycles. The van der Waals surface area contributed by atoms with Gasteiger partial charge in [0.15, 0.2) is 0 Å². The molecule has 0 aliphatic rings. The monoisotopic (exact) mass is 281 g/mol. The molecule has 2 atom stereocenters. The van der Waals surface area contributed by atoms with Gasteiger partial charge in [-0.05, 0) is 56.0 Å². The van der Waals surface area contributed by atoms with Gasteiger partial charge in [-0.25, -0.2) is 0 Å². The van der Waals surface area contributed by atoms with E-state index in [1.54, 1.807) is 0 Å². The Balaban J connectivity index is 2.27. The summed E-state index contributed by atoms with van der Waals surface area (Å²) in [7, 11) is 0. The molecule has 0 amide bonds. The van der Waals surface area contributed by atoms with Crippen molar-refractivity contribution in [1.82, 2.24) is 5.32 Å². The van der Waals surface area contributed by atoms with Crippen LogP contribution in [0.3, 0.4) is 0 Å². The molecule has 0 aliphatic carbocycles. The van der Waals surface area contributed by atoms with E-state index in [-0.39, 0.29) is 0 Å². The zero-order chi connectivity index (χ0) is 13.9. The minimum absolute atomic E-state index is 0.724. The number of rotatable bonds is 11. The van der Waals surface area contributed by atoms with Crippen LogP contribution in [0.25, 0.3) is 0 Å². The van der Waals surface area contributed by atoms with E-state index in [9.17, 15) is 0 Å². The van der Waals surface area contributed by atoms with Crippen molar-refractivity contribution in [2.75, 3.05) is 6.54 Å². The summed E-state index contributed by atoms with van der Waals surface area (Å²) in [6, 6.07) is 5.15. The average Bonchev–Trinajstić information content (AvgIpc) is 2.89. The summed E-state index contributed by atoms with van der Waals surface area (Å²) in [4.78, 5) is 1.54. The van der Waals surface area contributed by atoms with Crippen molar-refractivity contribution >= 4 is 11.3 Å². The van der Waals surface area contributed by atoms with Crippen molar-refractivity contribution in [2.45, 2.75) is 71.8 Å². The molecule has 2 unspecified atom stereocenters. The lowest BCUT2D eigenvalue weighted by Gasteiger charge is -2.22. The Bertz CT molecular complexity index is 294. The van der Waals surface area contributed by atoms with Crippen LogP contribution in [0.1, 0.15) is 64.2 Å². The molecule has 0 spiro atoms. The lowest BCUT2D eigenvalue weighted by molar-refractivity contribution is 0.362. The van der Waals surface area contributed by atoms with Gasteiger partial charge in [0.05, 0.1) is 0 Å². The summed E-state index contributed by atoms with van der Waals surface area (Å²) in [5, 5.41) is 5.93. The van der Waals surface area contributed by atoms with E-state index in [4.69, 9.17) is 0 Å². The molecule has 0 saturated heterocycles. The van der Waals surface area contributed by atoms with E-state index in [1.807, 2.05) is 11.3 Å². The highest BCUT2D eigenvalue weighted by Gasteiger charge is 2.12. The molecule has 110 valence electrons. The van der Waals surface area contributed by atoms with Crippen LogP contribution in [0, 0.1) is 5.92 Å². The second kappa shape index (κ2) is 10.4. The van der Waals surface area contributed by atoms with Gasteiger partial charge in [-0.3, -0.25) is 0 Å². The molecule has 0 radical (unpaired) electrons. The van der Waals surface area contributed by atoms with Crippen LogP contribution >= 0.6 is 11.3 Å². The van der Waals surface area contributed by atoms with Crippen LogP contribution in [0.2, 0.25) is 0 Å². The summed E-state index contributed by atoms with van der Waals surface area (Å²) in [6.07, 6.45) is 9.17. The van der Waals surface area contributed by atoms with E-state index >= 15 is 0 Å². The lowest BCUT2D eigenvalue weighted by Crippen LogP contribution is -2.31. The van der Waals surface area contributed by atoms with E-state index < -0.39 is 0 Å². The third-order valence-corrected chi connectivity index (χ3v) is 4.64. The molecule has 1 heterocycles. The van der Waals surface area contributed by atoms with E-state index in [0.717, 1.165) is 12.0 Å². The van der Waals surface area contributed by atoms with Crippen LogP contribution in [0.5, 0.6) is 0 Å². The predicted molar refractivity (Wildman–Crippen MR) is 88.0 cm³/mol. The number of thiophene rings is 1. The number of aryl methyl sites for hydroxylation is 1. The zero-order valence-corrected chi connectivity index (χ0v) is 13.8. The van der Waals surface area contributed by atoms with E-state index in [1.165, 1.54) is 56.4 Å². The number of nitrogens with one attached hydrogen (secondary N) is 1. The maximum Gasteiger partial charge on any atom is 0.00697 e. The fourth-order valence-corrected chi connectivity index (χ4v) is 3.48. The number of hydrogen-bond acceptors (Lipinski definition) is 2. The first kappa shape index (κ1) is 16.7. The Morgan fingerprint density at radius 3 is 2.68 bits per heavy atom. The van der Waals surface area contributed by atoms with Crippen molar-refractivity contribution in [3.8, 4) is 0 Å². The van der Waals surface area contributed by atoms with Gasteiger partial charge in [0.25, 0.3) is 0 Å². The molecule has 19 heavy (non-hydrogen) atoms. The Kier molecular flexibility index (Phi) is 9.19. The third kappa shape index (κ3) is 7.74. The molecule has 2 heteroatoms. The van der Waals surface area contributed by atoms with Gasteiger partial charge in [0, 0.05) is 10.9 Å². The smallest absolute Gasteiger partial charge is 0.00697 e. The molecular formula is C17H31NS. The van der Waals surface area contributed by atoms with Gasteiger partial charge in [0.2, 0.25) is 0 Å². The molecule has 0 saturated carbocycles. The van der Waals surface area contributed by atoms with Crippen LogP contribution < -0.4 is 5.32 Å². The standard InChI is InChI=1S/C17H31NS/c1-4-8-15(3)14-16(18-12-5-2)9-6-10-17-11-7-13-19-17/h7,11,13,15-16,18H,4-6,8-10,12,14H2,1-3H3. The maximum absolute atomic E-state index is 3.74. The molecule has 1 aromatic heterocycles. The maximum atomic E-state index is 3.74. The van der Waals surface area contributed by atoms with Crippen molar-refractivity contribution in [3.05, 3.63) is 22.4 Å². The fourth-order valence-electron chi connectivity index (χ4n) is 2.73. The summed E-state index contributed by atoms with van der Waals surface area (Å²) < 4.78 is 0. The van der Waals surface area contributed by atoms with Crippen molar-refractivity contribution in [2.24, 2.45) is 5.92 Å². The summed E-state index contributed by atoms with van der Waals surface area (Å²) in [5.41, 5.74) is 0. The molecule has 0 aliphatic heterocycles. The normalized spacial score (nSPS) is 14.5. The van der Waals surface area contributed by atoms with Gasteiger partial charge in [0.1, 0.15) is 0 Å². The van der Waals surface area contributed by atoms with Crippen molar-refractivity contribution in [1.29, 1.82) is 0 Å². The van der Waals surface area contributed by atoms with Crippen LogP contribution in [0.4, 0.5) is 0 Å². The van der Waals surface area contributed by atoms with Gasteiger partial charge in [-0.1, -0.05) is 39.7 Å². The van der Waals surface area contributed by atoms with E-state index in [2.05, 4.69) is 43.6 Å². The summed E-state index contributed by atoms with van der Waals surface area (Å²) >= 11 is 1.89. The third-order valence-electron chi connectivity index (χ3n) is 3.71. The summed E-state index contributed by atoms with van der Waals surface area (Å²) in [5.74, 6) is 0.862. The van der Waals surface area contributed by atoms with Crippen molar-refractivity contribution < 1.29 is 0 Å². The van der Waals surface area contributed by atoms with Gasteiger partial charge >= 0.3 is 0 Å². The molecule has 1 aromatic rings. The van der Waals surface area contributed by atoms with Gasteiger partial charge in [-0.2, -0.15) is 0 Å². The van der Waals surface area contributed by atoms with Crippen LogP contribution in [0.15, 0.2) is 17.5 Å². The first-order valence-electron chi connectivity index (χ1n) is 8.02. The highest BCUT2D eigenvalue weighted by molar-refractivity contribution is 7.09. The molecule has 0 fully saturated rings. The predicted octanol–water partition coefficient (Wildman–Crippen LogP) is 5.27. The minimum Gasteiger partial charge on any atom is -0.314 e. The first-order chi connectivity index (χ1) is 9.26. The number of hydrogen-bond donors (Lipinski definition) is 1. The van der Waals surface area contributed by atoms with E-state index in [0.29, 0.717) is 0 Å². The first-order valence-corrected chi connectivity index (χ1v) is 8.90. The van der Waals surface area contributed by atoms with Crippen LogP contribution in [-0.2, 0) is 6.42 Å². The Morgan fingerprint density at radius 1 is 1.21 bits per heavy atom. The molecule has 0 bridgehead atoms. The second-order valence-electron chi connectivity index (χ2n) is 5.75. The average molecular weight is 282 g/mol. The van der Waals surface area contributed by atoms with Crippen LogP contribution in [-0.4, -0.2) is 12.6 Å². The van der Waals surface area contributed by atoms with Gasteiger partial charge in [-0.15, -0.1) is 11.3 Å².